The molecule has 1 heterocycles. The molecule has 0 aliphatic heterocycles. The molecule has 0 unspecified atom stereocenters. The lowest BCUT2D eigenvalue weighted by Gasteiger charge is -2.06. The zero-order valence-corrected chi connectivity index (χ0v) is 11.5. The number of aromatic amines is 1. The van der Waals surface area contributed by atoms with Crippen LogP contribution in [-0.4, -0.2) is 4.98 Å². The predicted molar refractivity (Wildman–Crippen MR) is 84.0 cm³/mol. The number of pyridine rings is 1. The second kappa shape index (κ2) is 5.33. The van der Waals surface area contributed by atoms with Crippen LogP contribution in [0, 0.1) is 0 Å². The molecule has 2 nitrogen and oxygen atoms in total. The van der Waals surface area contributed by atoms with Gasteiger partial charge in [0.05, 0.1) is 0 Å². The summed E-state index contributed by atoms with van der Waals surface area (Å²) in [6.07, 6.45) is 1.94. The Morgan fingerprint density at radius 2 is 1.75 bits per heavy atom. The van der Waals surface area contributed by atoms with E-state index in [1.165, 1.54) is 0 Å². The van der Waals surface area contributed by atoms with Gasteiger partial charge in [-0.2, -0.15) is 0 Å². The van der Waals surface area contributed by atoms with Crippen LogP contribution < -0.4 is 5.43 Å². The van der Waals surface area contributed by atoms with Crippen LogP contribution in [0.5, 0.6) is 0 Å². The molecule has 0 saturated carbocycles. The maximum Gasteiger partial charge on any atom is 0.189 e. The van der Waals surface area contributed by atoms with Crippen molar-refractivity contribution in [3.05, 3.63) is 70.5 Å². The van der Waals surface area contributed by atoms with Crippen molar-refractivity contribution in [1.82, 2.24) is 4.98 Å². The minimum atomic E-state index is 0.0972. The Bertz CT molecular complexity index is 787. The highest BCUT2D eigenvalue weighted by Crippen LogP contribution is 2.22. The standard InChI is InChI=1S/C18H17NO/c1-2-6-15-12-18(20)16-11-14(9-10-17(16)19-15)13-7-4-3-5-8-13/h3-5,7-12H,2,6H2,1H3,(H,19,20). The van der Waals surface area contributed by atoms with Gasteiger partial charge in [-0.1, -0.05) is 49.7 Å². The predicted octanol–water partition coefficient (Wildman–Crippen LogP) is 4.15. The SMILES string of the molecule is CCCc1cc(=O)c2cc(-c3ccccc3)ccc2[nH]1. The molecule has 2 aromatic carbocycles. The fraction of sp³-hybridized carbons (Fsp3) is 0.167. The molecular weight excluding hydrogens is 246 g/mol. The van der Waals surface area contributed by atoms with Crippen LogP contribution >= 0.6 is 0 Å². The van der Waals surface area contributed by atoms with Crippen LogP contribution in [0.15, 0.2) is 59.4 Å². The first-order chi connectivity index (χ1) is 9.78. The highest BCUT2D eigenvalue weighted by Gasteiger charge is 2.04. The van der Waals surface area contributed by atoms with E-state index in [2.05, 4.69) is 30.1 Å². The highest BCUT2D eigenvalue weighted by molar-refractivity contribution is 5.84. The van der Waals surface area contributed by atoms with Gasteiger partial charge < -0.3 is 4.98 Å². The zero-order valence-electron chi connectivity index (χ0n) is 11.5. The molecule has 100 valence electrons. The summed E-state index contributed by atoms with van der Waals surface area (Å²) >= 11 is 0. The lowest BCUT2D eigenvalue weighted by Crippen LogP contribution is -2.05. The van der Waals surface area contributed by atoms with Gasteiger partial charge in [-0.15, -0.1) is 0 Å². The second-order valence-corrected chi connectivity index (χ2v) is 5.04. The molecule has 0 aliphatic carbocycles. The Morgan fingerprint density at radius 1 is 0.950 bits per heavy atom. The monoisotopic (exact) mass is 263 g/mol. The Morgan fingerprint density at radius 3 is 2.50 bits per heavy atom. The molecule has 2 heteroatoms. The highest BCUT2D eigenvalue weighted by atomic mass is 16.1. The summed E-state index contributed by atoms with van der Waals surface area (Å²) in [6, 6.07) is 17.9. The molecule has 0 aliphatic rings. The van der Waals surface area contributed by atoms with Crippen LogP contribution in [0.2, 0.25) is 0 Å². The van der Waals surface area contributed by atoms with E-state index in [0.29, 0.717) is 0 Å². The number of nitrogens with one attached hydrogen (secondary N) is 1. The maximum atomic E-state index is 12.2. The van der Waals surface area contributed by atoms with E-state index in [4.69, 9.17) is 0 Å². The molecular formula is C18H17NO. The van der Waals surface area contributed by atoms with Crippen molar-refractivity contribution in [2.75, 3.05) is 0 Å². The quantitative estimate of drug-likeness (QED) is 0.756. The number of hydrogen-bond acceptors (Lipinski definition) is 1. The fourth-order valence-electron chi connectivity index (χ4n) is 2.52. The van der Waals surface area contributed by atoms with E-state index in [9.17, 15) is 4.79 Å². The summed E-state index contributed by atoms with van der Waals surface area (Å²) in [7, 11) is 0. The number of aryl methyl sites for hydroxylation is 1. The van der Waals surface area contributed by atoms with Gasteiger partial charge in [0.25, 0.3) is 0 Å². The number of benzene rings is 2. The molecule has 0 radical (unpaired) electrons. The normalized spacial score (nSPS) is 10.8. The molecule has 0 amide bonds. The zero-order chi connectivity index (χ0) is 13.9. The molecule has 0 spiro atoms. The van der Waals surface area contributed by atoms with Crippen molar-refractivity contribution in [2.45, 2.75) is 19.8 Å². The first-order valence-corrected chi connectivity index (χ1v) is 6.99. The molecule has 0 fully saturated rings. The summed E-state index contributed by atoms with van der Waals surface area (Å²) in [5.41, 5.74) is 4.23. The van der Waals surface area contributed by atoms with Crippen LogP contribution in [0.1, 0.15) is 19.0 Å². The van der Waals surface area contributed by atoms with E-state index in [0.717, 1.165) is 40.6 Å². The number of fused-ring (bicyclic) bond motifs is 1. The fourth-order valence-corrected chi connectivity index (χ4v) is 2.52. The molecule has 20 heavy (non-hydrogen) atoms. The molecule has 0 bridgehead atoms. The van der Waals surface area contributed by atoms with Crippen LogP contribution in [0.4, 0.5) is 0 Å². The van der Waals surface area contributed by atoms with Gasteiger partial charge >= 0.3 is 0 Å². The van der Waals surface area contributed by atoms with Gasteiger partial charge in [0.2, 0.25) is 0 Å². The van der Waals surface area contributed by atoms with Crippen LogP contribution in [0.25, 0.3) is 22.0 Å². The lowest BCUT2D eigenvalue weighted by molar-refractivity contribution is 0.888. The van der Waals surface area contributed by atoms with Crippen molar-refractivity contribution in [3.8, 4) is 11.1 Å². The van der Waals surface area contributed by atoms with Gasteiger partial charge in [0.15, 0.2) is 5.43 Å². The third kappa shape index (κ3) is 2.37. The second-order valence-electron chi connectivity index (χ2n) is 5.04. The Kier molecular flexibility index (Phi) is 3.38. The third-order valence-electron chi connectivity index (χ3n) is 3.51. The van der Waals surface area contributed by atoms with Gasteiger partial charge in [0.1, 0.15) is 0 Å². The number of H-pyrrole nitrogens is 1. The minimum Gasteiger partial charge on any atom is -0.358 e. The Labute approximate surface area is 118 Å². The van der Waals surface area contributed by atoms with E-state index < -0.39 is 0 Å². The van der Waals surface area contributed by atoms with Crippen LogP contribution in [0.3, 0.4) is 0 Å². The summed E-state index contributed by atoms with van der Waals surface area (Å²) in [4.78, 5) is 15.6. The number of aromatic nitrogens is 1. The van der Waals surface area contributed by atoms with Gasteiger partial charge in [-0.25, -0.2) is 0 Å². The van der Waals surface area contributed by atoms with Crippen molar-refractivity contribution >= 4 is 10.9 Å². The largest absolute Gasteiger partial charge is 0.358 e. The summed E-state index contributed by atoms with van der Waals surface area (Å²) in [5.74, 6) is 0. The molecule has 1 N–H and O–H groups in total. The van der Waals surface area contributed by atoms with Crippen molar-refractivity contribution in [1.29, 1.82) is 0 Å². The molecule has 3 rings (SSSR count). The molecule has 0 atom stereocenters. The van der Waals surface area contributed by atoms with Gasteiger partial charge in [0, 0.05) is 22.7 Å². The average Bonchev–Trinajstić information content (AvgIpc) is 2.48. The van der Waals surface area contributed by atoms with Gasteiger partial charge in [-0.3, -0.25) is 4.79 Å². The minimum absolute atomic E-state index is 0.0972. The third-order valence-corrected chi connectivity index (χ3v) is 3.51. The first kappa shape index (κ1) is 12.7. The van der Waals surface area contributed by atoms with E-state index >= 15 is 0 Å². The number of rotatable bonds is 3. The average molecular weight is 263 g/mol. The summed E-state index contributed by atoms with van der Waals surface area (Å²) in [5, 5.41) is 0.756. The first-order valence-electron chi connectivity index (χ1n) is 6.99. The van der Waals surface area contributed by atoms with Gasteiger partial charge in [-0.05, 0) is 29.7 Å². The Balaban J connectivity index is 2.15. The summed E-state index contributed by atoms with van der Waals surface area (Å²) < 4.78 is 0. The van der Waals surface area contributed by atoms with E-state index in [1.54, 1.807) is 6.07 Å². The van der Waals surface area contributed by atoms with Crippen LogP contribution in [-0.2, 0) is 6.42 Å². The van der Waals surface area contributed by atoms with Crippen molar-refractivity contribution < 1.29 is 0 Å². The van der Waals surface area contributed by atoms with Crippen molar-refractivity contribution in [2.24, 2.45) is 0 Å². The maximum absolute atomic E-state index is 12.2. The van der Waals surface area contributed by atoms with Crippen molar-refractivity contribution in [3.63, 3.8) is 0 Å². The number of hydrogen-bond donors (Lipinski definition) is 1. The molecule has 0 saturated heterocycles. The molecule has 1 aromatic heterocycles. The summed E-state index contributed by atoms with van der Waals surface area (Å²) in [6.45, 7) is 2.11. The lowest BCUT2D eigenvalue weighted by atomic mass is 10.0. The van der Waals surface area contributed by atoms with E-state index in [1.807, 2.05) is 30.3 Å². The molecule has 3 aromatic rings. The Hall–Kier alpha value is -2.35. The smallest absolute Gasteiger partial charge is 0.189 e. The van der Waals surface area contributed by atoms with E-state index in [-0.39, 0.29) is 5.43 Å². The topological polar surface area (TPSA) is 32.9 Å².